The Bertz CT molecular complexity index is 545. The van der Waals surface area contributed by atoms with Crippen molar-refractivity contribution in [3.8, 4) is 0 Å². The Balaban J connectivity index is 0.00000200. The van der Waals surface area contributed by atoms with Crippen LogP contribution in [0, 0.1) is 5.82 Å². The molecule has 0 aliphatic rings. The molecular weight excluding hydrogens is 390 g/mol. The van der Waals surface area contributed by atoms with Crippen LogP contribution in [-0.4, -0.2) is 18.0 Å². The number of halogens is 2. The number of guanidine groups is 1. The van der Waals surface area contributed by atoms with E-state index < -0.39 is 0 Å². The van der Waals surface area contributed by atoms with Gasteiger partial charge in [0.25, 0.3) is 0 Å². The first-order valence-electron chi connectivity index (χ1n) is 5.86. The van der Waals surface area contributed by atoms with Crippen LogP contribution in [-0.2, 0) is 13.1 Å². The van der Waals surface area contributed by atoms with Crippen LogP contribution in [0.15, 0.2) is 40.8 Å². The summed E-state index contributed by atoms with van der Waals surface area (Å²) in [5.74, 6) is 0.308. The molecule has 108 valence electrons. The molecule has 2 rings (SSSR count). The van der Waals surface area contributed by atoms with Gasteiger partial charge in [-0.05, 0) is 23.6 Å². The number of thiophene rings is 1. The molecule has 7 heteroatoms. The molecule has 0 unspecified atom stereocenters. The highest BCUT2D eigenvalue weighted by molar-refractivity contribution is 14.0. The summed E-state index contributed by atoms with van der Waals surface area (Å²) >= 11 is 1.67. The lowest BCUT2D eigenvalue weighted by molar-refractivity contribution is 0.592. The van der Waals surface area contributed by atoms with Crippen LogP contribution in [0.25, 0.3) is 0 Å². The normalized spacial score (nSPS) is 10.8. The van der Waals surface area contributed by atoms with Crippen molar-refractivity contribution >= 4 is 41.3 Å². The molecule has 2 aromatic heterocycles. The van der Waals surface area contributed by atoms with Gasteiger partial charge in [-0.25, -0.2) is 4.39 Å². The summed E-state index contributed by atoms with van der Waals surface area (Å²) in [4.78, 5) is 9.27. The summed E-state index contributed by atoms with van der Waals surface area (Å²) in [6.45, 7) is 0.999. The minimum absolute atomic E-state index is 0. The number of aliphatic imine (C=N–C) groups is 1. The van der Waals surface area contributed by atoms with Gasteiger partial charge in [-0.1, -0.05) is 6.07 Å². The average Bonchev–Trinajstić information content (AvgIpc) is 2.94. The molecule has 2 heterocycles. The number of pyridine rings is 1. The fourth-order valence-corrected chi connectivity index (χ4v) is 2.17. The second-order valence-electron chi connectivity index (χ2n) is 3.79. The van der Waals surface area contributed by atoms with E-state index in [2.05, 4.69) is 20.6 Å². The van der Waals surface area contributed by atoms with Crippen LogP contribution < -0.4 is 10.6 Å². The summed E-state index contributed by atoms with van der Waals surface area (Å²) in [6.07, 6.45) is 1.57. The van der Waals surface area contributed by atoms with E-state index in [1.54, 1.807) is 30.6 Å². The summed E-state index contributed by atoms with van der Waals surface area (Å²) in [7, 11) is 1.68. The van der Waals surface area contributed by atoms with Gasteiger partial charge >= 0.3 is 0 Å². The molecule has 0 saturated heterocycles. The maximum absolute atomic E-state index is 13.4. The van der Waals surface area contributed by atoms with Gasteiger partial charge in [-0.15, -0.1) is 35.3 Å². The van der Waals surface area contributed by atoms with Crippen LogP contribution in [0.1, 0.15) is 10.6 Å². The lowest BCUT2D eigenvalue weighted by Crippen LogP contribution is -2.36. The molecule has 0 aromatic carbocycles. The van der Waals surface area contributed by atoms with Gasteiger partial charge in [0.05, 0.1) is 18.8 Å². The lowest BCUT2D eigenvalue weighted by atomic mass is 10.3. The lowest BCUT2D eigenvalue weighted by Gasteiger charge is -2.11. The van der Waals surface area contributed by atoms with Crippen LogP contribution in [0.3, 0.4) is 0 Å². The summed E-state index contributed by atoms with van der Waals surface area (Å²) in [5, 5.41) is 8.21. The van der Waals surface area contributed by atoms with E-state index in [4.69, 9.17) is 0 Å². The van der Waals surface area contributed by atoms with Crippen LogP contribution in [0.2, 0.25) is 0 Å². The maximum atomic E-state index is 13.4. The van der Waals surface area contributed by atoms with Gasteiger partial charge in [0, 0.05) is 18.1 Å². The number of aromatic nitrogens is 1. The Labute approximate surface area is 138 Å². The molecule has 2 aromatic rings. The number of hydrogen-bond donors (Lipinski definition) is 2. The van der Waals surface area contributed by atoms with Gasteiger partial charge in [-0.2, -0.15) is 0 Å². The smallest absolute Gasteiger partial charge is 0.191 e. The van der Waals surface area contributed by atoms with Gasteiger partial charge in [0.1, 0.15) is 5.82 Å². The molecular formula is C13H16FIN4S. The predicted octanol–water partition coefficient (Wildman–Crippen LogP) is 2.77. The van der Waals surface area contributed by atoms with Crippen molar-refractivity contribution in [1.82, 2.24) is 15.6 Å². The molecule has 0 amide bonds. The Morgan fingerprint density at radius 2 is 2.10 bits per heavy atom. The molecule has 0 aliphatic heterocycles. The van der Waals surface area contributed by atoms with Gasteiger partial charge in [-0.3, -0.25) is 9.98 Å². The summed E-state index contributed by atoms with van der Waals surface area (Å²) in [5.41, 5.74) is 0.376. The molecule has 2 N–H and O–H groups in total. The van der Waals surface area contributed by atoms with Crippen LogP contribution >= 0.6 is 35.3 Å². The Hall–Kier alpha value is -1.22. The molecule has 4 nitrogen and oxygen atoms in total. The second kappa shape index (κ2) is 8.85. The Morgan fingerprint density at radius 1 is 1.30 bits per heavy atom. The van der Waals surface area contributed by atoms with Gasteiger partial charge in [0.15, 0.2) is 5.96 Å². The minimum Gasteiger partial charge on any atom is -0.352 e. The molecule has 0 radical (unpaired) electrons. The number of hydrogen-bond acceptors (Lipinski definition) is 3. The van der Waals surface area contributed by atoms with Gasteiger partial charge in [0.2, 0.25) is 0 Å². The van der Waals surface area contributed by atoms with E-state index >= 15 is 0 Å². The van der Waals surface area contributed by atoms with Crippen molar-refractivity contribution in [2.24, 2.45) is 4.99 Å². The van der Waals surface area contributed by atoms with Crippen molar-refractivity contribution in [3.05, 3.63) is 52.2 Å². The van der Waals surface area contributed by atoms with Crippen molar-refractivity contribution in [1.29, 1.82) is 0 Å². The van der Waals surface area contributed by atoms with E-state index in [-0.39, 0.29) is 29.8 Å². The van der Waals surface area contributed by atoms with E-state index in [1.165, 1.54) is 10.9 Å². The SMILES string of the molecule is CN=C(NCc1cccs1)NCc1ncccc1F.I. The molecule has 0 aliphatic carbocycles. The molecule has 20 heavy (non-hydrogen) atoms. The monoisotopic (exact) mass is 406 g/mol. The van der Waals surface area contributed by atoms with Crippen LogP contribution in [0.5, 0.6) is 0 Å². The highest BCUT2D eigenvalue weighted by Crippen LogP contribution is 2.07. The molecule has 0 fully saturated rings. The summed E-state index contributed by atoms with van der Waals surface area (Å²) < 4.78 is 13.4. The largest absolute Gasteiger partial charge is 0.352 e. The topological polar surface area (TPSA) is 49.3 Å². The van der Waals surface area contributed by atoms with E-state index in [0.717, 1.165) is 0 Å². The Kier molecular flexibility index (Phi) is 7.45. The van der Waals surface area contributed by atoms with Crippen molar-refractivity contribution in [2.75, 3.05) is 7.05 Å². The first-order valence-corrected chi connectivity index (χ1v) is 6.74. The summed E-state index contributed by atoms with van der Waals surface area (Å²) in [6, 6.07) is 7.01. The highest BCUT2D eigenvalue weighted by Gasteiger charge is 2.04. The number of rotatable bonds is 4. The van der Waals surface area contributed by atoms with Crippen molar-refractivity contribution in [3.63, 3.8) is 0 Å². The van der Waals surface area contributed by atoms with E-state index in [9.17, 15) is 4.39 Å². The first kappa shape index (κ1) is 16.8. The quantitative estimate of drug-likeness (QED) is 0.467. The molecule has 0 atom stereocenters. The zero-order valence-electron chi connectivity index (χ0n) is 11.0. The fraction of sp³-hybridized carbons (Fsp3) is 0.231. The highest BCUT2D eigenvalue weighted by atomic mass is 127. The average molecular weight is 406 g/mol. The third-order valence-corrected chi connectivity index (χ3v) is 3.37. The molecule has 0 saturated carbocycles. The zero-order valence-corrected chi connectivity index (χ0v) is 14.1. The number of nitrogens with zero attached hydrogens (tertiary/aromatic N) is 2. The molecule has 0 spiro atoms. The van der Waals surface area contributed by atoms with E-state index in [0.29, 0.717) is 24.7 Å². The number of nitrogens with one attached hydrogen (secondary N) is 2. The minimum atomic E-state index is -0.316. The van der Waals surface area contributed by atoms with Gasteiger partial charge < -0.3 is 10.6 Å². The van der Waals surface area contributed by atoms with Crippen LogP contribution in [0.4, 0.5) is 4.39 Å². The zero-order chi connectivity index (χ0) is 13.5. The Morgan fingerprint density at radius 3 is 2.75 bits per heavy atom. The third-order valence-electron chi connectivity index (χ3n) is 2.49. The second-order valence-corrected chi connectivity index (χ2v) is 4.82. The molecule has 0 bridgehead atoms. The maximum Gasteiger partial charge on any atom is 0.191 e. The van der Waals surface area contributed by atoms with E-state index in [1.807, 2.05) is 17.5 Å². The predicted molar refractivity (Wildman–Crippen MR) is 91.0 cm³/mol. The fourth-order valence-electron chi connectivity index (χ4n) is 1.52. The van der Waals surface area contributed by atoms with Crippen molar-refractivity contribution in [2.45, 2.75) is 13.1 Å². The third kappa shape index (κ3) is 5.04. The first-order chi connectivity index (χ1) is 9.29. The van der Waals surface area contributed by atoms with Crippen molar-refractivity contribution < 1.29 is 4.39 Å². The standard InChI is InChI=1S/C13H15FN4S.HI/c1-15-13(17-8-10-4-3-7-19-10)18-9-12-11(14)5-2-6-16-12;/h2-7H,8-9H2,1H3,(H2,15,17,18);1H.